The van der Waals surface area contributed by atoms with E-state index in [1.54, 1.807) is 67.6 Å². The summed E-state index contributed by atoms with van der Waals surface area (Å²) >= 11 is 6.12. The quantitative estimate of drug-likeness (QED) is 0.136. The molecule has 0 spiro atoms. The van der Waals surface area contributed by atoms with Crippen LogP contribution in [0.1, 0.15) is 54.4 Å². The Hall–Kier alpha value is -4.51. The molecule has 5 rings (SSSR count). The van der Waals surface area contributed by atoms with Gasteiger partial charge in [0.05, 0.1) is 18.4 Å². The monoisotopic (exact) mass is 703 g/mol. The van der Waals surface area contributed by atoms with Gasteiger partial charge in [0, 0.05) is 16.3 Å². The molecule has 0 N–H and O–H groups in total. The van der Waals surface area contributed by atoms with Gasteiger partial charge in [-0.3, -0.25) is 9.59 Å². The number of nitrogens with zero attached hydrogens (tertiary/aromatic N) is 1. The lowest BCUT2D eigenvalue weighted by Gasteiger charge is -2.38. The van der Waals surface area contributed by atoms with E-state index < -0.39 is 53.3 Å². The molecule has 5 nitrogen and oxygen atoms in total. The SMILES string of the molecule is CC(C(=O)OC(c1ccc2c(c1)CCC(Oc1cccc(Cl)c1)CN2C(=O)C(C)c1ccccc1)(C(F)(F)F)C(F)(F)F)c1ccccc1. The number of carbonyl (C=O) groups excluding carboxylic acids is 2. The number of alkyl halides is 6. The summed E-state index contributed by atoms with van der Waals surface area (Å²) in [5, 5.41) is 0.386. The number of amides is 1. The smallest absolute Gasteiger partial charge is 0.442 e. The first-order chi connectivity index (χ1) is 23.1. The van der Waals surface area contributed by atoms with E-state index in [2.05, 4.69) is 4.74 Å². The van der Waals surface area contributed by atoms with E-state index in [0.717, 1.165) is 12.1 Å². The zero-order chi connectivity index (χ0) is 35.6. The molecule has 3 atom stereocenters. The summed E-state index contributed by atoms with van der Waals surface area (Å²) in [5.74, 6) is -3.94. The van der Waals surface area contributed by atoms with Crippen molar-refractivity contribution in [2.45, 2.75) is 62.6 Å². The van der Waals surface area contributed by atoms with Gasteiger partial charge in [0.1, 0.15) is 11.9 Å². The maximum atomic E-state index is 14.8. The summed E-state index contributed by atoms with van der Waals surface area (Å²) in [6, 6.07) is 25.1. The van der Waals surface area contributed by atoms with Crippen LogP contribution >= 0.6 is 11.6 Å². The Kier molecular flexibility index (Phi) is 10.3. The maximum absolute atomic E-state index is 14.8. The van der Waals surface area contributed by atoms with Crippen LogP contribution in [0, 0.1) is 0 Å². The second-order valence-corrected chi connectivity index (χ2v) is 12.3. The summed E-state index contributed by atoms with van der Waals surface area (Å²) in [6.45, 7) is 2.78. The fourth-order valence-electron chi connectivity index (χ4n) is 5.91. The Morgan fingerprint density at radius 2 is 1.37 bits per heavy atom. The number of fused-ring (bicyclic) bond motifs is 1. The zero-order valence-corrected chi connectivity index (χ0v) is 27.2. The summed E-state index contributed by atoms with van der Waals surface area (Å²) in [6.07, 6.45) is -12.8. The van der Waals surface area contributed by atoms with Crippen molar-refractivity contribution in [2.24, 2.45) is 0 Å². The third-order valence-corrected chi connectivity index (χ3v) is 8.87. The van der Waals surface area contributed by atoms with Crippen molar-refractivity contribution >= 4 is 29.2 Å². The highest BCUT2D eigenvalue weighted by molar-refractivity contribution is 6.30. The summed E-state index contributed by atoms with van der Waals surface area (Å²) in [7, 11) is 0. The third-order valence-electron chi connectivity index (χ3n) is 8.64. The van der Waals surface area contributed by atoms with Gasteiger partial charge in [0.25, 0.3) is 0 Å². The van der Waals surface area contributed by atoms with E-state index in [9.17, 15) is 35.9 Å². The minimum absolute atomic E-state index is 0.0216. The molecule has 1 amide bonds. The molecule has 0 fully saturated rings. The number of halogens is 7. The zero-order valence-electron chi connectivity index (χ0n) is 26.4. The van der Waals surface area contributed by atoms with Crippen molar-refractivity contribution in [3.8, 4) is 5.75 Å². The number of rotatable bonds is 8. The van der Waals surface area contributed by atoms with E-state index in [4.69, 9.17) is 16.3 Å². The topological polar surface area (TPSA) is 55.8 Å². The van der Waals surface area contributed by atoms with Crippen molar-refractivity contribution < 1.29 is 45.4 Å². The lowest BCUT2D eigenvalue weighted by molar-refractivity contribution is -0.378. The van der Waals surface area contributed by atoms with Gasteiger partial charge >= 0.3 is 23.9 Å². The van der Waals surface area contributed by atoms with Crippen molar-refractivity contribution in [1.29, 1.82) is 0 Å². The van der Waals surface area contributed by atoms with E-state index in [-0.39, 0.29) is 36.2 Å². The van der Waals surface area contributed by atoms with Crippen LogP contribution in [0.25, 0.3) is 0 Å². The predicted molar refractivity (Wildman–Crippen MR) is 173 cm³/mol. The third kappa shape index (κ3) is 7.41. The number of ether oxygens (including phenoxy) is 2. The molecule has 3 unspecified atom stereocenters. The first-order valence-corrected chi connectivity index (χ1v) is 15.8. The van der Waals surface area contributed by atoms with Crippen LogP contribution in [-0.4, -0.2) is 36.9 Å². The van der Waals surface area contributed by atoms with Crippen LogP contribution in [0.5, 0.6) is 5.75 Å². The van der Waals surface area contributed by atoms with Crippen LogP contribution in [0.3, 0.4) is 0 Å². The number of aryl methyl sites for hydroxylation is 1. The molecule has 1 aliphatic heterocycles. The first-order valence-electron chi connectivity index (χ1n) is 15.5. The van der Waals surface area contributed by atoms with Crippen LogP contribution in [0.2, 0.25) is 5.02 Å². The predicted octanol–water partition coefficient (Wildman–Crippen LogP) is 9.54. The number of benzene rings is 4. The van der Waals surface area contributed by atoms with Gasteiger partial charge in [-0.2, -0.15) is 26.3 Å². The fourth-order valence-corrected chi connectivity index (χ4v) is 6.09. The van der Waals surface area contributed by atoms with Gasteiger partial charge in [0.15, 0.2) is 0 Å². The molecular weight excluding hydrogens is 672 g/mol. The maximum Gasteiger partial charge on any atom is 0.442 e. The van der Waals surface area contributed by atoms with E-state index >= 15 is 0 Å². The molecule has 49 heavy (non-hydrogen) atoms. The van der Waals surface area contributed by atoms with Crippen LogP contribution in [-0.2, 0) is 26.3 Å². The largest absolute Gasteiger partial charge is 0.489 e. The molecule has 0 aliphatic carbocycles. The Balaban J connectivity index is 1.59. The van der Waals surface area contributed by atoms with Crippen molar-refractivity contribution in [2.75, 3.05) is 11.4 Å². The number of anilines is 1. The molecule has 0 aromatic heterocycles. The summed E-state index contributed by atoms with van der Waals surface area (Å²) in [5.41, 5.74) is -5.35. The minimum Gasteiger partial charge on any atom is -0.489 e. The standard InChI is InChI=1S/C37H32ClF6NO4/c1-23(25-10-5-3-6-11-25)33(46)45-22-31(48-30-15-9-14-29(38)21-30)18-16-27-20-28(17-19-32(27)45)35(36(39,40)41,37(42,43)44)49-34(47)24(2)26-12-7-4-8-13-26/h3-15,17,19-21,23-24,31H,16,18,22H2,1-2H3. The lowest BCUT2D eigenvalue weighted by atomic mass is 9.88. The molecule has 0 saturated heterocycles. The van der Waals surface area contributed by atoms with Crippen molar-refractivity contribution in [3.05, 3.63) is 130 Å². The van der Waals surface area contributed by atoms with Gasteiger partial charge in [-0.25, -0.2) is 0 Å². The molecule has 0 saturated carbocycles. The molecule has 1 aliphatic rings. The molecule has 4 aromatic carbocycles. The molecule has 1 heterocycles. The summed E-state index contributed by atoms with van der Waals surface area (Å²) < 4.78 is 99.7. The van der Waals surface area contributed by atoms with Crippen molar-refractivity contribution in [3.63, 3.8) is 0 Å². The molecule has 258 valence electrons. The fraction of sp³-hybridized carbons (Fsp3) is 0.297. The van der Waals surface area contributed by atoms with E-state index in [0.29, 0.717) is 22.4 Å². The lowest BCUT2D eigenvalue weighted by Crippen LogP contribution is -2.57. The normalized spacial score (nSPS) is 16.6. The van der Waals surface area contributed by atoms with Gasteiger partial charge in [-0.15, -0.1) is 0 Å². The minimum atomic E-state index is -6.11. The summed E-state index contributed by atoms with van der Waals surface area (Å²) in [4.78, 5) is 28.4. The average Bonchev–Trinajstić information content (AvgIpc) is 3.24. The van der Waals surface area contributed by atoms with Gasteiger partial charge in [-0.05, 0) is 73.7 Å². The molecule has 12 heteroatoms. The van der Waals surface area contributed by atoms with E-state index in [1.807, 2.05) is 0 Å². The van der Waals surface area contributed by atoms with Gasteiger partial charge in [0.2, 0.25) is 5.91 Å². The Morgan fingerprint density at radius 3 is 1.94 bits per heavy atom. The van der Waals surface area contributed by atoms with Crippen molar-refractivity contribution in [1.82, 2.24) is 0 Å². The number of hydrogen-bond acceptors (Lipinski definition) is 4. The van der Waals surface area contributed by atoms with E-state index in [1.165, 1.54) is 36.1 Å². The second-order valence-electron chi connectivity index (χ2n) is 11.9. The van der Waals surface area contributed by atoms with Crippen LogP contribution in [0.15, 0.2) is 103 Å². The highest BCUT2D eigenvalue weighted by Crippen LogP contribution is 2.54. The highest BCUT2D eigenvalue weighted by Gasteiger charge is 2.75. The number of esters is 1. The Morgan fingerprint density at radius 1 is 0.776 bits per heavy atom. The first kappa shape index (κ1) is 35.8. The van der Waals surface area contributed by atoms with Crippen LogP contribution in [0.4, 0.5) is 32.0 Å². The number of hydrogen-bond donors (Lipinski definition) is 0. The Bertz CT molecular complexity index is 1770. The van der Waals surface area contributed by atoms with Gasteiger partial charge in [-0.1, -0.05) is 84.4 Å². The average molecular weight is 704 g/mol. The highest BCUT2D eigenvalue weighted by atomic mass is 35.5. The Labute approximate surface area is 284 Å². The molecule has 4 aromatic rings. The van der Waals surface area contributed by atoms with Crippen LogP contribution < -0.4 is 9.64 Å². The van der Waals surface area contributed by atoms with Gasteiger partial charge < -0.3 is 14.4 Å². The second kappa shape index (κ2) is 14.2. The molecule has 0 radical (unpaired) electrons. The number of carbonyl (C=O) groups is 2. The molecule has 0 bridgehead atoms. The molecular formula is C37H32ClF6NO4.